The van der Waals surface area contributed by atoms with E-state index in [1.807, 2.05) is 16.5 Å². The SMILES string of the molecule is CC1=C(C(=O)N2CCN(C)CC2)[C@@H](c2ccc(C(C)C)cc2)n2ncnc2N1. The topological polar surface area (TPSA) is 66.3 Å². The van der Waals surface area contributed by atoms with E-state index < -0.39 is 0 Å². The van der Waals surface area contributed by atoms with Crippen molar-refractivity contribution in [2.45, 2.75) is 32.7 Å². The fraction of sp³-hybridized carbons (Fsp3) is 0.476. The van der Waals surface area contributed by atoms with Gasteiger partial charge in [0.15, 0.2) is 0 Å². The second kappa shape index (κ2) is 7.39. The highest BCUT2D eigenvalue weighted by molar-refractivity contribution is 5.96. The van der Waals surface area contributed by atoms with E-state index in [9.17, 15) is 4.79 Å². The number of nitrogens with zero attached hydrogens (tertiary/aromatic N) is 5. The van der Waals surface area contributed by atoms with Crippen LogP contribution in [0.1, 0.15) is 43.9 Å². The third-order valence-corrected chi connectivity index (χ3v) is 5.73. The van der Waals surface area contributed by atoms with Gasteiger partial charge in [0.25, 0.3) is 5.91 Å². The molecular formula is C21H28N6O. The van der Waals surface area contributed by atoms with Crippen molar-refractivity contribution in [3.05, 3.63) is 53.0 Å². The molecule has 0 spiro atoms. The Balaban J connectivity index is 1.73. The van der Waals surface area contributed by atoms with Gasteiger partial charge in [-0.25, -0.2) is 4.68 Å². The maximum Gasteiger partial charge on any atom is 0.254 e. The van der Waals surface area contributed by atoms with E-state index in [1.54, 1.807) is 0 Å². The summed E-state index contributed by atoms with van der Waals surface area (Å²) in [6, 6.07) is 8.24. The highest BCUT2D eigenvalue weighted by atomic mass is 16.2. The van der Waals surface area contributed by atoms with Crippen LogP contribution in [0, 0.1) is 0 Å². The van der Waals surface area contributed by atoms with Crippen LogP contribution < -0.4 is 5.32 Å². The first kappa shape index (κ1) is 18.7. The molecule has 0 saturated carbocycles. The van der Waals surface area contributed by atoms with E-state index in [1.165, 1.54) is 11.9 Å². The number of nitrogens with one attached hydrogen (secondary N) is 1. The molecule has 4 rings (SSSR count). The van der Waals surface area contributed by atoms with Crippen molar-refractivity contribution < 1.29 is 4.79 Å². The number of benzene rings is 1. The molecule has 148 valence electrons. The second-order valence-corrected chi connectivity index (χ2v) is 8.01. The maximum absolute atomic E-state index is 13.5. The molecule has 1 saturated heterocycles. The van der Waals surface area contributed by atoms with Crippen molar-refractivity contribution in [2.24, 2.45) is 0 Å². The van der Waals surface area contributed by atoms with E-state index >= 15 is 0 Å². The molecule has 28 heavy (non-hydrogen) atoms. The maximum atomic E-state index is 13.5. The third-order valence-electron chi connectivity index (χ3n) is 5.73. The molecule has 0 aliphatic carbocycles. The van der Waals surface area contributed by atoms with Gasteiger partial charge in [-0.05, 0) is 31.0 Å². The van der Waals surface area contributed by atoms with Crippen LogP contribution in [-0.4, -0.2) is 63.7 Å². The van der Waals surface area contributed by atoms with Crippen molar-refractivity contribution in [3.63, 3.8) is 0 Å². The number of hydrogen-bond donors (Lipinski definition) is 1. The number of fused-ring (bicyclic) bond motifs is 1. The number of aromatic nitrogens is 3. The molecule has 1 aromatic carbocycles. The fourth-order valence-corrected chi connectivity index (χ4v) is 3.92. The van der Waals surface area contributed by atoms with Gasteiger partial charge in [0.1, 0.15) is 12.4 Å². The lowest BCUT2D eigenvalue weighted by atomic mass is 9.92. The van der Waals surface area contributed by atoms with Crippen molar-refractivity contribution in [1.82, 2.24) is 24.6 Å². The predicted molar refractivity (Wildman–Crippen MR) is 109 cm³/mol. The van der Waals surface area contributed by atoms with Crippen molar-refractivity contribution in [3.8, 4) is 0 Å². The molecule has 1 fully saturated rings. The van der Waals surface area contributed by atoms with Gasteiger partial charge in [-0.15, -0.1) is 0 Å². The van der Waals surface area contributed by atoms with Crippen LogP contribution in [0.4, 0.5) is 5.95 Å². The Labute approximate surface area is 166 Å². The average molecular weight is 380 g/mol. The van der Waals surface area contributed by atoms with Crippen LogP contribution in [0.25, 0.3) is 0 Å². The van der Waals surface area contributed by atoms with Crippen molar-refractivity contribution in [2.75, 3.05) is 38.5 Å². The molecule has 1 amide bonds. The van der Waals surface area contributed by atoms with Crippen molar-refractivity contribution in [1.29, 1.82) is 0 Å². The standard InChI is InChI=1S/C21H28N6O/c1-14(2)16-5-7-17(8-6-16)19-18(15(3)24-21-22-13-23-27(19)21)20(28)26-11-9-25(4)10-12-26/h5-8,13-14,19H,9-12H2,1-4H3,(H,22,23,24)/t19-/m1/s1. The van der Waals surface area contributed by atoms with Gasteiger partial charge in [-0.3, -0.25) is 4.79 Å². The zero-order chi connectivity index (χ0) is 19.8. The number of hydrogen-bond acceptors (Lipinski definition) is 5. The number of piperazine rings is 1. The first-order valence-electron chi connectivity index (χ1n) is 9.90. The lowest BCUT2D eigenvalue weighted by molar-refractivity contribution is -0.129. The number of carbonyl (C=O) groups is 1. The summed E-state index contributed by atoms with van der Waals surface area (Å²) in [5.41, 5.74) is 3.93. The van der Waals surface area contributed by atoms with Crippen LogP contribution in [0.15, 0.2) is 41.9 Å². The summed E-state index contributed by atoms with van der Waals surface area (Å²) < 4.78 is 1.82. The number of allylic oxidation sites excluding steroid dienone is 1. The number of carbonyl (C=O) groups excluding carboxylic acids is 1. The first-order valence-corrected chi connectivity index (χ1v) is 9.90. The number of likely N-dealkylation sites (N-methyl/N-ethyl adjacent to an activating group) is 1. The minimum Gasteiger partial charge on any atom is -0.336 e. The molecule has 2 aliphatic rings. The number of anilines is 1. The van der Waals surface area contributed by atoms with E-state index in [2.05, 4.69) is 65.5 Å². The van der Waals surface area contributed by atoms with E-state index in [0.29, 0.717) is 11.9 Å². The summed E-state index contributed by atoms with van der Waals surface area (Å²) in [5.74, 6) is 1.22. The molecule has 0 unspecified atom stereocenters. The van der Waals surface area contributed by atoms with E-state index in [0.717, 1.165) is 43.0 Å². The molecule has 2 aromatic rings. The van der Waals surface area contributed by atoms with Gasteiger partial charge in [0, 0.05) is 31.9 Å². The van der Waals surface area contributed by atoms with Gasteiger partial charge < -0.3 is 15.1 Å². The molecular weight excluding hydrogens is 352 g/mol. The molecule has 7 nitrogen and oxygen atoms in total. The Kier molecular flexibility index (Phi) is 4.93. The van der Waals surface area contributed by atoms with Crippen LogP contribution in [-0.2, 0) is 4.79 Å². The molecule has 1 atom stereocenters. The Morgan fingerprint density at radius 2 is 1.82 bits per heavy atom. The summed E-state index contributed by atoms with van der Waals surface area (Å²) in [6.07, 6.45) is 1.54. The summed E-state index contributed by atoms with van der Waals surface area (Å²) in [4.78, 5) is 22.0. The quantitative estimate of drug-likeness (QED) is 0.886. The Morgan fingerprint density at radius 1 is 1.14 bits per heavy atom. The van der Waals surface area contributed by atoms with Crippen LogP contribution in [0.3, 0.4) is 0 Å². The average Bonchev–Trinajstić information content (AvgIpc) is 3.15. The van der Waals surface area contributed by atoms with Crippen LogP contribution >= 0.6 is 0 Å². The van der Waals surface area contributed by atoms with Crippen LogP contribution in [0.2, 0.25) is 0 Å². The summed E-state index contributed by atoms with van der Waals surface area (Å²) in [6.45, 7) is 9.60. The van der Waals surface area contributed by atoms with Gasteiger partial charge in [0.05, 0.1) is 5.57 Å². The molecule has 7 heteroatoms. The normalized spacial score (nSPS) is 20.3. The summed E-state index contributed by atoms with van der Waals surface area (Å²) in [7, 11) is 2.09. The Morgan fingerprint density at radius 3 is 2.46 bits per heavy atom. The Bertz CT molecular complexity index is 890. The minimum absolute atomic E-state index is 0.0807. The lowest BCUT2D eigenvalue weighted by Crippen LogP contribution is -2.49. The number of amides is 1. The monoisotopic (exact) mass is 380 g/mol. The largest absolute Gasteiger partial charge is 0.336 e. The molecule has 1 N–H and O–H groups in total. The van der Waals surface area contributed by atoms with Crippen LogP contribution in [0.5, 0.6) is 0 Å². The van der Waals surface area contributed by atoms with Gasteiger partial charge in [-0.2, -0.15) is 10.1 Å². The summed E-state index contributed by atoms with van der Waals surface area (Å²) in [5, 5.41) is 7.69. The highest BCUT2D eigenvalue weighted by Crippen LogP contribution is 2.36. The highest BCUT2D eigenvalue weighted by Gasteiger charge is 2.36. The molecule has 1 aromatic heterocycles. The minimum atomic E-state index is -0.271. The molecule has 3 heterocycles. The van der Waals surface area contributed by atoms with E-state index in [4.69, 9.17) is 0 Å². The van der Waals surface area contributed by atoms with E-state index in [-0.39, 0.29) is 11.9 Å². The smallest absolute Gasteiger partial charge is 0.254 e. The predicted octanol–water partition coefficient (Wildman–Crippen LogP) is 2.46. The van der Waals surface area contributed by atoms with Gasteiger partial charge in [0.2, 0.25) is 5.95 Å². The Hall–Kier alpha value is -2.67. The fourth-order valence-electron chi connectivity index (χ4n) is 3.92. The third kappa shape index (κ3) is 3.30. The lowest BCUT2D eigenvalue weighted by Gasteiger charge is -2.36. The van der Waals surface area contributed by atoms with Gasteiger partial charge in [-0.1, -0.05) is 38.1 Å². The van der Waals surface area contributed by atoms with Gasteiger partial charge >= 0.3 is 0 Å². The molecule has 0 bridgehead atoms. The first-order chi connectivity index (χ1) is 13.5. The summed E-state index contributed by atoms with van der Waals surface area (Å²) >= 11 is 0. The number of rotatable bonds is 3. The molecule has 2 aliphatic heterocycles. The zero-order valence-corrected chi connectivity index (χ0v) is 17.0. The second-order valence-electron chi connectivity index (χ2n) is 8.01. The zero-order valence-electron chi connectivity index (χ0n) is 17.0. The van der Waals surface area contributed by atoms with Crippen molar-refractivity contribution >= 4 is 11.9 Å². The molecule has 0 radical (unpaired) electrons.